The van der Waals surface area contributed by atoms with Crippen molar-refractivity contribution in [3.05, 3.63) is 45.3 Å². The van der Waals surface area contributed by atoms with Crippen LogP contribution >= 0.6 is 22.6 Å². The Morgan fingerprint density at radius 3 is 2.64 bits per heavy atom. The lowest BCUT2D eigenvalue weighted by Crippen LogP contribution is -2.21. The number of hydrazone groups is 1. The Kier molecular flexibility index (Phi) is 6.29. The quantitative estimate of drug-likeness (QED) is 0.415. The summed E-state index contributed by atoms with van der Waals surface area (Å²) in [5.74, 6) is -0.517. The number of nitrogens with one attached hydrogen (secondary N) is 2. The van der Waals surface area contributed by atoms with E-state index in [1.54, 1.807) is 24.9 Å². The fourth-order valence-electron chi connectivity index (χ4n) is 1.97. The van der Waals surface area contributed by atoms with Crippen LogP contribution in [0.4, 0.5) is 5.69 Å². The standard InChI is InChI=1S/C17H20IN5O2/c1-10(2)16(24)19-13-7-5-6-12(8-13)11(3)20-21-17(25)15-14(18)9-23(4)22-15/h5-10H,1-4H3,(H,19,24)(H,21,25)/b20-11+. The smallest absolute Gasteiger partial charge is 0.292 e. The second-order valence-corrected chi connectivity index (χ2v) is 7.02. The molecule has 1 aromatic carbocycles. The summed E-state index contributed by atoms with van der Waals surface area (Å²) in [7, 11) is 1.75. The van der Waals surface area contributed by atoms with Crippen LogP contribution < -0.4 is 10.7 Å². The zero-order valence-electron chi connectivity index (χ0n) is 14.5. The van der Waals surface area contributed by atoms with Gasteiger partial charge in [-0.05, 0) is 47.2 Å². The second kappa shape index (κ2) is 8.24. The van der Waals surface area contributed by atoms with Gasteiger partial charge in [-0.3, -0.25) is 14.3 Å². The van der Waals surface area contributed by atoms with E-state index in [2.05, 4.69) is 43.5 Å². The number of aromatic nitrogens is 2. The number of rotatable bonds is 5. The fourth-order valence-corrected chi connectivity index (χ4v) is 2.73. The first kappa shape index (κ1) is 19.1. The average molecular weight is 453 g/mol. The minimum absolute atomic E-state index is 0.0511. The molecule has 0 spiro atoms. The molecule has 2 N–H and O–H groups in total. The summed E-state index contributed by atoms with van der Waals surface area (Å²) in [5, 5.41) is 11.1. The third kappa shape index (κ3) is 5.12. The third-order valence-corrected chi connectivity index (χ3v) is 4.19. The fraction of sp³-hybridized carbons (Fsp3) is 0.294. The first-order valence-corrected chi connectivity index (χ1v) is 8.81. The highest BCUT2D eigenvalue weighted by atomic mass is 127. The molecule has 1 heterocycles. The van der Waals surface area contributed by atoms with Crippen LogP contribution in [0.5, 0.6) is 0 Å². The highest BCUT2D eigenvalue weighted by Crippen LogP contribution is 2.13. The maximum absolute atomic E-state index is 12.1. The van der Waals surface area contributed by atoms with Gasteiger partial charge in [0.25, 0.3) is 5.91 Å². The number of carbonyl (C=O) groups is 2. The molecule has 0 aliphatic rings. The normalized spacial score (nSPS) is 11.5. The van der Waals surface area contributed by atoms with Gasteiger partial charge in [0.15, 0.2) is 5.69 Å². The first-order valence-electron chi connectivity index (χ1n) is 7.73. The van der Waals surface area contributed by atoms with Crippen molar-refractivity contribution in [3.8, 4) is 0 Å². The van der Waals surface area contributed by atoms with Gasteiger partial charge in [-0.15, -0.1) is 0 Å². The number of anilines is 1. The van der Waals surface area contributed by atoms with Crippen molar-refractivity contribution in [1.29, 1.82) is 0 Å². The lowest BCUT2D eigenvalue weighted by atomic mass is 10.1. The van der Waals surface area contributed by atoms with E-state index in [4.69, 9.17) is 0 Å². The van der Waals surface area contributed by atoms with Crippen LogP contribution in [0.3, 0.4) is 0 Å². The van der Waals surface area contributed by atoms with Gasteiger partial charge in [-0.2, -0.15) is 10.2 Å². The van der Waals surface area contributed by atoms with Gasteiger partial charge in [-0.25, -0.2) is 5.43 Å². The molecular formula is C17H20IN5O2. The van der Waals surface area contributed by atoms with Gasteiger partial charge in [0.1, 0.15) is 0 Å². The van der Waals surface area contributed by atoms with Gasteiger partial charge in [-0.1, -0.05) is 26.0 Å². The highest BCUT2D eigenvalue weighted by molar-refractivity contribution is 14.1. The number of benzene rings is 1. The second-order valence-electron chi connectivity index (χ2n) is 5.86. The third-order valence-electron chi connectivity index (χ3n) is 3.40. The molecule has 1 aromatic heterocycles. The van der Waals surface area contributed by atoms with Crippen LogP contribution in [0.2, 0.25) is 0 Å². The molecule has 0 bridgehead atoms. The lowest BCUT2D eigenvalue weighted by Gasteiger charge is -2.09. The summed E-state index contributed by atoms with van der Waals surface area (Å²) in [6, 6.07) is 7.32. The van der Waals surface area contributed by atoms with E-state index in [9.17, 15) is 9.59 Å². The highest BCUT2D eigenvalue weighted by Gasteiger charge is 2.14. The average Bonchev–Trinajstić information content (AvgIpc) is 2.91. The largest absolute Gasteiger partial charge is 0.326 e. The molecule has 2 amide bonds. The van der Waals surface area contributed by atoms with E-state index in [1.165, 1.54) is 0 Å². The van der Waals surface area contributed by atoms with Crippen molar-refractivity contribution in [3.63, 3.8) is 0 Å². The number of amides is 2. The van der Waals surface area contributed by atoms with Crippen molar-refractivity contribution in [1.82, 2.24) is 15.2 Å². The molecule has 7 nitrogen and oxygen atoms in total. The number of aryl methyl sites for hydroxylation is 1. The summed E-state index contributed by atoms with van der Waals surface area (Å²) in [5.41, 5.74) is 4.96. The van der Waals surface area contributed by atoms with E-state index in [1.807, 2.05) is 38.1 Å². The molecule has 0 unspecified atom stereocenters. The number of hydrogen-bond acceptors (Lipinski definition) is 4. The van der Waals surface area contributed by atoms with Crippen LogP contribution in [0.1, 0.15) is 36.8 Å². The van der Waals surface area contributed by atoms with Crippen molar-refractivity contribution in [2.75, 3.05) is 5.32 Å². The molecule has 0 atom stereocenters. The van der Waals surface area contributed by atoms with Crippen molar-refractivity contribution >= 4 is 45.8 Å². The zero-order valence-corrected chi connectivity index (χ0v) is 16.7. The van der Waals surface area contributed by atoms with Crippen LogP contribution in [0.15, 0.2) is 35.6 Å². The summed E-state index contributed by atoms with van der Waals surface area (Å²) in [6.45, 7) is 5.45. The maximum atomic E-state index is 12.1. The van der Waals surface area contributed by atoms with E-state index in [-0.39, 0.29) is 17.7 Å². The minimum Gasteiger partial charge on any atom is -0.326 e. The van der Waals surface area contributed by atoms with Crippen LogP contribution in [-0.4, -0.2) is 27.3 Å². The number of nitrogens with zero attached hydrogens (tertiary/aromatic N) is 3. The molecule has 25 heavy (non-hydrogen) atoms. The molecule has 0 radical (unpaired) electrons. The molecule has 8 heteroatoms. The van der Waals surface area contributed by atoms with Crippen molar-refractivity contribution in [2.24, 2.45) is 18.1 Å². The lowest BCUT2D eigenvalue weighted by molar-refractivity contribution is -0.118. The summed E-state index contributed by atoms with van der Waals surface area (Å²) < 4.78 is 2.33. The van der Waals surface area contributed by atoms with Crippen molar-refractivity contribution in [2.45, 2.75) is 20.8 Å². The van der Waals surface area contributed by atoms with Gasteiger partial charge >= 0.3 is 0 Å². The van der Waals surface area contributed by atoms with Crippen LogP contribution in [0, 0.1) is 9.49 Å². The Morgan fingerprint density at radius 1 is 1.32 bits per heavy atom. The Labute approximate surface area is 160 Å². The van der Waals surface area contributed by atoms with Crippen LogP contribution in [-0.2, 0) is 11.8 Å². The predicted octanol–water partition coefficient (Wildman–Crippen LogP) is 2.77. The molecule has 2 rings (SSSR count). The number of carbonyl (C=O) groups excluding carboxylic acids is 2. The molecule has 0 aliphatic heterocycles. The topological polar surface area (TPSA) is 88.4 Å². The summed E-state index contributed by atoms with van der Waals surface area (Å²) >= 11 is 2.05. The Morgan fingerprint density at radius 2 is 2.04 bits per heavy atom. The van der Waals surface area contributed by atoms with Gasteiger partial charge in [0, 0.05) is 24.8 Å². The SMILES string of the molecule is C/C(=N\NC(=O)c1nn(C)cc1I)c1cccc(NC(=O)C(C)C)c1. The number of hydrogen-bond donors (Lipinski definition) is 2. The summed E-state index contributed by atoms with van der Waals surface area (Å²) in [4.78, 5) is 23.9. The zero-order chi connectivity index (χ0) is 18.6. The molecule has 132 valence electrons. The molecule has 0 aliphatic carbocycles. The Hall–Kier alpha value is -2.23. The van der Waals surface area contributed by atoms with Gasteiger partial charge in [0.05, 0.1) is 9.28 Å². The van der Waals surface area contributed by atoms with E-state index in [0.29, 0.717) is 17.1 Å². The van der Waals surface area contributed by atoms with E-state index in [0.717, 1.165) is 9.13 Å². The van der Waals surface area contributed by atoms with Crippen molar-refractivity contribution < 1.29 is 9.59 Å². The van der Waals surface area contributed by atoms with Gasteiger partial charge in [0.2, 0.25) is 5.91 Å². The maximum Gasteiger partial charge on any atom is 0.292 e. The number of halogens is 1. The molecular weight excluding hydrogens is 433 g/mol. The molecule has 0 saturated carbocycles. The predicted molar refractivity (Wildman–Crippen MR) is 106 cm³/mol. The summed E-state index contributed by atoms with van der Waals surface area (Å²) in [6.07, 6.45) is 1.76. The molecule has 0 saturated heterocycles. The van der Waals surface area contributed by atoms with Crippen LogP contribution in [0.25, 0.3) is 0 Å². The first-order chi connectivity index (χ1) is 11.8. The Bertz CT molecular complexity index is 826. The van der Waals surface area contributed by atoms with E-state index >= 15 is 0 Å². The Balaban J connectivity index is 2.10. The van der Waals surface area contributed by atoms with Gasteiger partial charge < -0.3 is 5.32 Å². The molecule has 2 aromatic rings. The minimum atomic E-state index is -0.367. The van der Waals surface area contributed by atoms with E-state index < -0.39 is 0 Å². The molecule has 0 fully saturated rings. The monoisotopic (exact) mass is 453 g/mol.